The maximum atomic E-state index is 6.67. The predicted molar refractivity (Wildman–Crippen MR) is 163 cm³/mol. The van der Waals surface area contributed by atoms with Crippen molar-refractivity contribution >= 4 is 45.7 Å². The first-order valence-electron chi connectivity index (χ1n) is 12.9. The van der Waals surface area contributed by atoms with Gasteiger partial charge in [-0.1, -0.05) is 42.1 Å². The SMILES string of the molecule is CCNc1cc2c(cc1C)C1(S/C(=N\N=C\c3cccs3)c3ccccc31)c1cc(C)c(NCC)cc1O2. The van der Waals surface area contributed by atoms with Crippen molar-refractivity contribution in [1.29, 1.82) is 0 Å². The van der Waals surface area contributed by atoms with Gasteiger partial charge in [-0.15, -0.1) is 16.4 Å². The number of anilines is 2. The molecule has 3 aromatic carbocycles. The fraction of sp³-hybridized carbons (Fsp3) is 0.226. The van der Waals surface area contributed by atoms with Gasteiger partial charge in [0.05, 0.1) is 6.21 Å². The van der Waals surface area contributed by atoms with E-state index in [4.69, 9.17) is 9.84 Å². The molecule has 0 amide bonds. The molecule has 0 atom stereocenters. The molecule has 38 heavy (non-hydrogen) atoms. The molecule has 2 aliphatic heterocycles. The lowest BCUT2D eigenvalue weighted by molar-refractivity contribution is 0.448. The Morgan fingerprint density at radius 2 is 1.50 bits per heavy atom. The van der Waals surface area contributed by atoms with Gasteiger partial charge in [0.1, 0.15) is 21.3 Å². The van der Waals surface area contributed by atoms with Crippen molar-refractivity contribution in [1.82, 2.24) is 0 Å². The first-order chi connectivity index (χ1) is 18.5. The zero-order valence-corrected chi connectivity index (χ0v) is 23.6. The van der Waals surface area contributed by atoms with E-state index in [9.17, 15) is 0 Å². The monoisotopic (exact) mass is 538 g/mol. The number of benzene rings is 3. The molecule has 6 rings (SSSR count). The van der Waals surface area contributed by atoms with Crippen LogP contribution in [0.2, 0.25) is 0 Å². The molecular weight excluding hydrogens is 509 g/mol. The van der Waals surface area contributed by atoms with Crippen LogP contribution in [0.3, 0.4) is 0 Å². The Bertz CT molecular complexity index is 1510. The summed E-state index contributed by atoms with van der Waals surface area (Å²) in [5.41, 5.74) is 9.18. The average molecular weight is 539 g/mol. The van der Waals surface area contributed by atoms with E-state index in [0.29, 0.717) is 0 Å². The molecular formula is C31H30N4OS2. The minimum atomic E-state index is -0.498. The average Bonchev–Trinajstić information content (AvgIpc) is 3.54. The van der Waals surface area contributed by atoms with Crippen LogP contribution in [0.25, 0.3) is 0 Å². The van der Waals surface area contributed by atoms with Gasteiger partial charge >= 0.3 is 0 Å². The van der Waals surface area contributed by atoms with Crippen molar-refractivity contribution in [2.75, 3.05) is 23.7 Å². The minimum Gasteiger partial charge on any atom is -0.456 e. The van der Waals surface area contributed by atoms with Gasteiger partial charge in [0.25, 0.3) is 0 Å². The second-order valence-electron chi connectivity index (χ2n) is 9.48. The normalized spacial score (nSPS) is 15.8. The highest BCUT2D eigenvalue weighted by Gasteiger charge is 2.51. The Labute approximate surface area is 232 Å². The molecule has 0 radical (unpaired) electrons. The quantitative estimate of drug-likeness (QED) is 0.192. The van der Waals surface area contributed by atoms with Crippen LogP contribution < -0.4 is 15.4 Å². The lowest BCUT2D eigenvalue weighted by Crippen LogP contribution is -2.28. The molecule has 0 unspecified atom stereocenters. The number of nitrogens with zero attached hydrogens (tertiary/aromatic N) is 2. The van der Waals surface area contributed by atoms with Crippen LogP contribution in [0.15, 0.2) is 76.2 Å². The Morgan fingerprint density at radius 1 is 0.842 bits per heavy atom. The molecule has 4 aromatic rings. The van der Waals surface area contributed by atoms with Crippen molar-refractivity contribution in [3.05, 3.63) is 104 Å². The number of hydrogen-bond acceptors (Lipinski definition) is 7. The Balaban J connectivity index is 1.59. The number of fused-ring (bicyclic) bond motifs is 6. The number of ether oxygens (including phenoxy) is 1. The lowest BCUT2D eigenvalue weighted by Gasteiger charge is -2.38. The van der Waals surface area contributed by atoms with Crippen molar-refractivity contribution in [3.8, 4) is 11.5 Å². The van der Waals surface area contributed by atoms with Gasteiger partial charge in [0.2, 0.25) is 0 Å². The molecule has 3 heterocycles. The summed E-state index contributed by atoms with van der Waals surface area (Å²) < 4.78 is 6.17. The zero-order valence-electron chi connectivity index (χ0n) is 22.0. The van der Waals surface area contributed by atoms with E-state index < -0.39 is 4.75 Å². The molecule has 5 nitrogen and oxygen atoms in total. The summed E-state index contributed by atoms with van der Waals surface area (Å²) >= 11 is 3.41. The van der Waals surface area contributed by atoms with E-state index in [1.807, 2.05) is 23.7 Å². The smallest absolute Gasteiger partial charge is 0.134 e. The van der Waals surface area contributed by atoms with Crippen LogP contribution in [0.4, 0.5) is 11.4 Å². The number of thiophene rings is 1. The molecule has 0 fully saturated rings. The summed E-state index contributed by atoms with van der Waals surface area (Å²) in [7, 11) is 0. The first-order valence-corrected chi connectivity index (χ1v) is 14.6. The van der Waals surface area contributed by atoms with Crippen molar-refractivity contribution < 1.29 is 4.74 Å². The van der Waals surface area contributed by atoms with Gasteiger partial charge < -0.3 is 15.4 Å². The molecule has 2 N–H and O–H groups in total. The summed E-state index contributed by atoms with van der Waals surface area (Å²) in [6.45, 7) is 10.2. The third-order valence-corrected chi connectivity index (χ3v) is 9.30. The largest absolute Gasteiger partial charge is 0.456 e. The fourth-order valence-electron chi connectivity index (χ4n) is 5.33. The maximum absolute atomic E-state index is 6.67. The van der Waals surface area contributed by atoms with Gasteiger partial charge in [-0.05, 0) is 68.0 Å². The number of hydrogen-bond donors (Lipinski definition) is 2. The fourth-order valence-corrected chi connectivity index (χ4v) is 7.40. The van der Waals surface area contributed by atoms with Crippen molar-refractivity contribution in [2.45, 2.75) is 32.4 Å². The zero-order chi connectivity index (χ0) is 26.3. The summed E-state index contributed by atoms with van der Waals surface area (Å²) in [5.74, 6) is 1.74. The highest BCUT2D eigenvalue weighted by atomic mass is 32.2. The topological polar surface area (TPSA) is 58.0 Å². The molecule has 192 valence electrons. The first kappa shape index (κ1) is 24.8. The molecule has 0 saturated heterocycles. The highest BCUT2D eigenvalue weighted by molar-refractivity contribution is 8.16. The van der Waals surface area contributed by atoms with Crippen LogP contribution in [0.1, 0.15) is 52.1 Å². The number of nitrogens with one attached hydrogen (secondary N) is 2. The van der Waals surface area contributed by atoms with E-state index in [1.54, 1.807) is 23.1 Å². The molecule has 7 heteroatoms. The molecule has 0 bridgehead atoms. The molecule has 1 spiro atoms. The summed E-state index contributed by atoms with van der Waals surface area (Å²) in [6.07, 6.45) is 1.83. The number of rotatable bonds is 6. The van der Waals surface area contributed by atoms with Crippen LogP contribution in [0.5, 0.6) is 11.5 Å². The van der Waals surface area contributed by atoms with Crippen LogP contribution in [-0.4, -0.2) is 24.3 Å². The third kappa shape index (κ3) is 4.01. The van der Waals surface area contributed by atoms with Crippen LogP contribution in [0, 0.1) is 13.8 Å². The second-order valence-corrected chi connectivity index (χ2v) is 11.7. The highest BCUT2D eigenvalue weighted by Crippen LogP contribution is 2.63. The number of aryl methyl sites for hydroxylation is 2. The third-order valence-electron chi connectivity index (χ3n) is 7.03. The Kier molecular flexibility index (Phi) is 6.50. The Morgan fingerprint density at radius 3 is 2.11 bits per heavy atom. The van der Waals surface area contributed by atoms with Gasteiger partial charge in [-0.2, -0.15) is 5.10 Å². The minimum absolute atomic E-state index is 0.498. The maximum Gasteiger partial charge on any atom is 0.134 e. The van der Waals surface area contributed by atoms with Gasteiger partial charge in [0.15, 0.2) is 0 Å². The standard InChI is InChI=1S/C31H30N4OS2/c1-5-32-26-16-28-24(14-19(26)3)31(25-15-20(4)27(33-6-2)17-29(25)36-28)23-12-8-7-11-22(23)30(38-31)35-34-18-21-10-9-13-37-21/h7-18,32-33H,5-6H2,1-4H3/b34-18+,35-30-. The van der Waals surface area contributed by atoms with Gasteiger partial charge in [-0.3, -0.25) is 0 Å². The van der Waals surface area contributed by atoms with E-state index in [1.165, 1.54) is 16.7 Å². The molecule has 2 aliphatic rings. The van der Waals surface area contributed by atoms with Crippen molar-refractivity contribution in [2.24, 2.45) is 10.2 Å². The van der Waals surface area contributed by atoms with Gasteiger partial charge in [-0.25, -0.2) is 0 Å². The van der Waals surface area contributed by atoms with Crippen molar-refractivity contribution in [3.63, 3.8) is 0 Å². The van der Waals surface area contributed by atoms with E-state index in [-0.39, 0.29) is 0 Å². The molecule has 1 aromatic heterocycles. The molecule has 0 aliphatic carbocycles. The Hall–Kier alpha value is -3.55. The van der Waals surface area contributed by atoms with Gasteiger partial charge in [0, 0.05) is 58.2 Å². The second kappa shape index (κ2) is 9.97. The van der Waals surface area contributed by atoms with E-state index in [2.05, 4.69) is 92.0 Å². The summed E-state index contributed by atoms with van der Waals surface area (Å²) in [6, 6.07) is 21.5. The number of thioether (sulfide) groups is 1. The van der Waals surface area contributed by atoms with E-state index >= 15 is 0 Å². The van der Waals surface area contributed by atoms with Crippen LogP contribution in [-0.2, 0) is 4.75 Å². The van der Waals surface area contributed by atoms with E-state index in [0.717, 1.165) is 62.6 Å². The predicted octanol–water partition coefficient (Wildman–Crippen LogP) is 8.15. The summed E-state index contributed by atoms with van der Waals surface area (Å²) in [5, 5.41) is 19.2. The lowest BCUT2D eigenvalue weighted by atomic mass is 9.79. The summed E-state index contributed by atoms with van der Waals surface area (Å²) in [4.78, 5) is 1.08. The molecule has 0 saturated carbocycles. The van der Waals surface area contributed by atoms with Crippen LogP contribution >= 0.6 is 23.1 Å².